The fourth-order valence-corrected chi connectivity index (χ4v) is 4.06. The molecule has 0 radical (unpaired) electrons. The summed E-state index contributed by atoms with van der Waals surface area (Å²) in [5, 5.41) is 1.22. The smallest absolute Gasteiger partial charge is 0.272 e. The molecule has 2 heterocycles. The molecule has 132 valence electrons. The Bertz CT molecular complexity index is 1320. The summed E-state index contributed by atoms with van der Waals surface area (Å²) in [6.45, 7) is 1.50. The Hall–Kier alpha value is -3.13. The van der Waals surface area contributed by atoms with Crippen LogP contribution >= 0.6 is 0 Å². The van der Waals surface area contributed by atoms with Crippen molar-refractivity contribution in [3.63, 3.8) is 0 Å². The molecule has 8 heteroatoms. The Morgan fingerprint density at radius 1 is 1.08 bits per heavy atom. The third-order valence-corrected chi connectivity index (χ3v) is 5.69. The number of H-pyrrole nitrogens is 2. The molecule has 2 aromatic carbocycles. The van der Waals surface area contributed by atoms with Crippen LogP contribution in [-0.2, 0) is 10.0 Å². The van der Waals surface area contributed by atoms with Crippen LogP contribution in [-0.4, -0.2) is 18.4 Å². The zero-order chi connectivity index (χ0) is 18.5. The highest BCUT2D eigenvalue weighted by molar-refractivity contribution is 7.92. The summed E-state index contributed by atoms with van der Waals surface area (Å²) in [5.74, 6) is -0.490. The van der Waals surface area contributed by atoms with E-state index in [4.69, 9.17) is 0 Å². The van der Waals surface area contributed by atoms with Gasteiger partial charge in [0.25, 0.3) is 15.6 Å². The second-order valence-electron chi connectivity index (χ2n) is 5.95. The first-order valence-corrected chi connectivity index (χ1v) is 9.26. The first-order valence-electron chi connectivity index (χ1n) is 7.78. The summed E-state index contributed by atoms with van der Waals surface area (Å²) in [6.07, 6.45) is 1.62. The van der Waals surface area contributed by atoms with Crippen LogP contribution in [0.1, 0.15) is 5.56 Å². The van der Waals surface area contributed by atoms with Crippen LogP contribution in [0.5, 0.6) is 0 Å². The highest BCUT2D eigenvalue weighted by atomic mass is 32.2. The van der Waals surface area contributed by atoms with Crippen molar-refractivity contribution in [3.05, 3.63) is 70.4 Å². The Labute approximate surface area is 147 Å². The number of rotatable bonds is 3. The van der Waals surface area contributed by atoms with Gasteiger partial charge in [0.05, 0.1) is 10.6 Å². The van der Waals surface area contributed by atoms with E-state index in [1.165, 1.54) is 43.3 Å². The lowest BCUT2D eigenvalue weighted by molar-refractivity contribution is 0.601. The molecule has 0 fully saturated rings. The highest BCUT2D eigenvalue weighted by Gasteiger charge is 2.18. The zero-order valence-electron chi connectivity index (χ0n) is 13.6. The predicted octanol–water partition coefficient (Wildman–Crippen LogP) is 3.26. The average Bonchev–Trinajstić information content (AvgIpc) is 3.09. The number of sulfonamides is 1. The lowest BCUT2D eigenvalue weighted by atomic mass is 10.1. The number of hydrogen-bond acceptors (Lipinski definition) is 3. The second-order valence-corrected chi connectivity index (χ2v) is 7.63. The standard InChI is InChI=1S/C18H14FN3O3S/c1-10-14(19)3-2-4-15(10)22-26(24,25)11-5-6-16-13(9-11)12-7-8-20-17(12)18(23)21-16/h2-9,20,22H,1H3,(H,21,23). The molecule has 2 aromatic heterocycles. The maximum absolute atomic E-state index is 13.7. The van der Waals surface area contributed by atoms with E-state index < -0.39 is 15.8 Å². The van der Waals surface area contributed by atoms with Crippen molar-refractivity contribution >= 4 is 37.5 Å². The van der Waals surface area contributed by atoms with Crippen molar-refractivity contribution in [2.45, 2.75) is 11.8 Å². The van der Waals surface area contributed by atoms with E-state index in [9.17, 15) is 17.6 Å². The van der Waals surface area contributed by atoms with E-state index >= 15 is 0 Å². The fraction of sp³-hybridized carbons (Fsp3) is 0.0556. The first-order chi connectivity index (χ1) is 12.4. The third kappa shape index (κ3) is 2.55. The van der Waals surface area contributed by atoms with E-state index in [1.54, 1.807) is 12.3 Å². The van der Waals surface area contributed by atoms with Gasteiger partial charge in [0, 0.05) is 28.0 Å². The summed E-state index contributed by atoms with van der Waals surface area (Å²) < 4.78 is 41.6. The monoisotopic (exact) mass is 371 g/mol. The van der Waals surface area contributed by atoms with Crippen LogP contribution in [0.2, 0.25) is 0 Å². The minimum atomic E-state index is -3.92. The molecule has 0 amide bonds. The molecule has 0 aliphatic carbocycles. The number of anilines is 1. The van der Waals surface area contributed by atoms with E-state index in [0.717, 1.165) is 0 Å². The molecule has 0 aliphatic rings. The van der Waals surface area contributed by atoms with Gasteiger partial charge in [-0.2, -0.15) is 0 Å². The molecule has 4 rings (SSSR count). The van der Waals surface area contributed by atoms with Crippen molar-refractivity contribution in [3.8, 4) is 0 Å². The molecule has 0 saturated carbocycles. The van der Waals surface area contributed by atoms with E-state index in [0.29, 0.717) is 21.8 Å². The molecule has 0 aliphatic heterocycles. The average molecular weight is 371 g/mol. The van der Waals surface area contributed by atoms with E-state index in [-0.39, 0.29) is 21.7 Å². The molecule has 3 N–H and O–H groups in total. The molecule has 0 spiro atoms. The largest absolute Gasteiger partial charge is 0.357 e. The summed E-state index contributed by atoms with van der Waals surface area (Å²) in [4.78, 5) is 17.6. The van der Waals surface area contributed by atoms with Crippen LogP contribution in [0.4, 0.5) is 10.1 Å². The summed E-state index contributed by atoms with van der Waals surface area (Å²) in [7, 11) is -3.92. The van der Waals surface area contributed by atoms with Gasteiger partial charge < -0.3 is 9.97 Å². The maximum atomic E-state index is 13.7. The number of aromatic amines is 2. The van der Waals surface area contributed by atoms with Gasteiger partial charge in [-0.05, 0) is 43.3 Å². The number of hydrogen-bond donors (Lipinski definition) is 3. The fourth-order valence-electron chi connectivity index (χ4n) is 2.91. The van der Waals surface area contributed by atoms with Crippen molar-refractivity contribution in [1.29, 1.82) is 0 Å². The van der Waals surface area contributed by atoms with Crippen molar-refractivity contribution in [1.82, 2.24) is 9.97 Å². The lowest BCUT2D eigenvalue weighted by Gasteiger charge is -2.11. The molecule has 0 bridgehead atoms. The van der Waals surface area contributed by atoms with Gasteiger partial charge in [0.15, 0.2) is 0 Å². The molecule has 0 unspecified atom stereocenters. The summed E-state index contributed by atoms with van der Waals surface area (Å²) in [5.41, 5.74) is 1.03. The number of halogens is 1. The van der Waals surface area contributed by atoms with Gasteiger partial charge in [-0.25, -0.2) is 12.8 Å². The van der Waals surface area contributed by atoms with Crippen LogP contribution in [0, 0.1) is 12.7 Å². The Morgan fingerprint density at radius 3 is 2.69 bits per heavy atom. The first kappa shape index (κ1) is 16.3. The molecule has 0 atom stereocenters. The van der Waals surface area contributed by atoms with Crippen molar-refractivity contribution < 1.29 is 12.8 Å². The maximum Gasteiger partial charge on any atom is 0.272 e. The number of aromatic nitrogens is 2. The van der Waals surface area contributed by atoms with E-state index in [2.05, 4.69) is 14.7 Å². The molecular formula is C18H14FN3O3S. The van der Waals surface area contributed by atoms with E-state index in [1.807, 2.05) is 0 Å². The SMILES string of the molecule is Cc1c(F)cccc1NS(=O)(=O)c1ccc2[nH]c(=O)c3[nH]ccc3c2c1. The van der Waals surface area contributed by atoms with Crippen molar-refractivity contribution in [2.75, 3.05) is 4.72 Å². The van der Waals surface area contributed by atoms with Gasteiger partial charge in [-0.15, -0.1) is 0 Å². The van der Waals surface area contributed by atoms with Crippen LogP contribution < -0.4 is 10.3 Å². The predicted molar refractivity (Wildman–Crippen MR) is 98.4 cm³/mol. The third-order valence-electron chi connectivity index (χ3n) is 4.33. The minimum Gasteiger partial charge on any atom is -0.357 e. The number of pyridine rings is 1. The van der Waals surface area contributed by atoms with Gasteiger partial charge in [0.2, 0.25) is 0 Å². The topological polar surface area (TPSA) is 94.8 Å². The zero-order valence-corrected chi connectivity index (χ0v) is 14.4. The Balaban J connectivity index is 1.86. The lowest BCUT2D eigenvalue weighted by Crippen LogP contribution is -2.14. The molecule has 6 nitrogen and oxygen atoms in total. The number of nitrogens with one attached hydrogen (secondary N) is 3. The second kappa shape index (κ2) is 5.70. The highest BCUT2D eigenvalue weighted by Crippen LogP contribution is 2.26. The molecule has 0 saturated heterocycles. The van der Waals surface area contributed by atoms with Gasteiger partial charge >= 0.3 is 0 Å². The van der Waals surface area contributed by atoms with Gasteiger partial charge in [-0.1, -0.05) is 6.07 Å². The molecule has 4 aromatic rings. The van der Waals surface area contributed by atoms with Gasteiger partial charge in [0.1, 0.15) is 11.3 Å². The summed E-state index contributed by atoms with van der Waals surface area (Å²) in [6, 6.07) is 10.3. The van der Waals surface area contributed by atoms with Crippen molar-refractivity contribution in [2.24, 2.45) is 0 Å². The molecule has 26 heavy (non-hydrogen) atoms. The van der Waals surface area contributed by atoms with Crippen LogP contribution in [0.15, 0.2) is 58.4 Å². The normalized spacial score (nSPS) is 11.9. The summed E-state index contributed by atoms with van der Waals surface area (Å²) >= 11 is 0. The Morgan fingerprint density at radius 2 is 1.88 bits per heavy atom. The number of fused-ring (bicyclic) bond motifs is 3. The Kier molecular flexibility index (Phi) is 3.58. The van der Waals surface area contributed by atoms with Gasteiger partial charge in [-0.3, -0.25) is 9.52 Å². The van der Waals surface area contributed by atoms with Crippen LogP contribution in [0.3, 0.4) is 0 Å². The van der Waals surface area contributed by atoms with Crippen LogP contribution in [0.25, 0.3) is 21.8 Å². The number of benzene rings is 2. The minimum absolute atomic E-state index is 0.0169. The quantitative estimate of drug-likeness (QED) is 0.516. The molecular weight excluding hydrogens is 357 g/mol.